The number of aliphatic hydroxyl groups excluding tert-OH is 1. The summed E-state index contributed by atoms with van der Waals surface area (Å²) in [5.74, 6) is 1.03. The van der Waals surface area contributed by atoms with Crippen LogP contribution in [0, 0.1) is 6.92 Å². The minimum Gasteiger partial charge on any atom is -0.466 e. The Hall–Kier alpha value is -2.65. The van der Waals surface area contributed by atoms with Crippen molar-refractivity contribution in [2.75, 3.05) is 13.6 Å². The van der Waals surface area contributed by atoms with Gasteiger partial charge in [-0.3, -0.25) is 19.6 Å². The second-order valence-corrected chi connectivity index (χ2v) is 8.86. The smallest absolute Gasteiger partial charge is 0.272 e. The van der Waals surface area contributed by atoms with Gasteiger partial charge in [0.05, 0.1) is 12.1 Å². The van der Waals surface area contributed by atoms with Crippen LogP contribution in [0.5, 0.6) is 0 Å². The van der Waals surface area contributed by atoms with Gasteiger partial charge in [-0.2, -0.15) is 5.10 Å². The lowest BCUT2D eigenvalue weighted by Gasteiger charge is -2.46. The van der Waals surface area contributed by atoms with Crippen LogP contribution in [0.1, 0.15) is 65.1 Å². The Balaban J connectivity index is 1.43. The molecule has 0 spiro atoms. The average Bonchev–Trinajstić information content (AvgIpc) is 3.48. The third-order valence-electron chi connectivity index (χ3n) is 6.56. The molecule has 0 radical (unpaired) electrons. The average molecular weight is 430 g/mol. The number of rotatable bonds is 7. The molecule has 1 saturated carbocycles. The molecule has 9 heteroatoms. The molecule has 2 atom stereocenters. The first-order chi connectivity index (χ1) is 14.8. The summed E-state index contributed by atoms with van der Waals surface area (Å²) in [6, 6.07) is 5.54. The Morgan fingerprint density at radius 2 is 2.13 bits per heavy atom. The van der Waals surface area contributed by atoms with Crippen LogP contribution in [0.3, 0.4) is 0 Å². The molecular weight excluding hydrogens is 398 g/mol. The zero-order valence-electron chi connectivity index (χ0n) is 18.4. The zero-order valence-corrected chi connectivity index (χ0v) is 18.4. The van der Waals surface area contributed by atoms with E-state index in [1.807, 2.05) is 26.0 Å². The maximum absolute atomic E-state index is 13.0. The molecule has 0 saturated heterocycles. The molecule has 2 unspecified atom stereocenters. The molecular formula is C22H31N5O4. The first kappa shape index (κ1) is 21.6. The fourth-order valence-corrected chi connectivity index (χ4v) is 4.41. The van der Waals surface area contributed by atoms with Crippen molar-refractivity contribution < 1.29 is 19.1 Å². The number of fused-ring (bicyclic) bond motifs is 1. The number of nitrogens with zero attached hydrogens (tertiary/aromatic N) is 3. The summed E-state index contributed by atoms with van der Waals surface area (Å²) in [7, 11) is 1.68. The third-order valence-corrected chi connectivity index (χ3v) is 6.56. The van der Waals surface area contributed by atoms with E-state index in [1.54, 1.807) is 11.9 Å². The van der Waals surface area contributed by atoms with Gasteiger partial charge in [-0.25, -0.2) is 0 Å². The van der Waals surface area contributed by atoms with Gasteiger partial charge in [0.25, 0.3) is 11.8 Å². The highest BCUT2D eigenvalue weighted by atomic mass is 16.3. The summed E-state index contributed by atoms with van der Waals surface area (Å²) in [6.07, 6.45) is 4.04. The summed E-state index contributed by atoms with van der Waals surface area (Å²) in [5.41, 5.74) is -0.335. The van der Waals surface area contributed by atoms with Crippen LogP contribution in [-0.4, -0.2) is 63.0 Å². The summed E-state index contributed by atoms with van der Waals surface area (Å²) in [6.45, 7) is 4.42. The lowest BCUT2D eigenvalue weighted by atomic mass is 9.94. The molecule has 168 valence electrons. The molecule has 2 aliphatic rings. The Labute approximate surface area is 181 Å². The molecule has 2 aromatic heterocycles. The van der Waals surface area contributed by atoms with E-state index < -0.39 is 11.8 Å². The van der Waals surface area contributed by atoms with E-state index in [2.05, 4.69) is 15.7 Å². The van der Waals surface area contributed by atoms with E-state index in [4.69, 9.17) is 4.42 Å². The molecule has 31 heavy (non-hydrogen) atoms. The molecule has 0 bridgehead atoms. The quantitative estimate of drug-likeness (QED) is 0.575. The van der Waals surface area contributed by atoms with Crippen molar-refractivity contribution in [2.24, 2.45) is 0 Å². The highest BCUT2D eigenvalue weighted by molar-refractivity contribution is 5.98. The van der Waals surface area contributed by atoms with E-state index in [1.165, 1.54) is 10.7 Å². The summed E-state index contributed by atoms with van der Waals surface area (Å²) in [5, 5.41) is 21.4. The van der Waals surface area contributed by atoms with Crippen LogP contribution >= 0.6 is 0 Å². The van der Waals surface area contributed by atoms with Crippen LogP contribution < -0.4 is 10.6 Å². The zero-order chi connectivity index (χ0) is 22.2. The van der Waals surface area contributed by atoms with E-state index in [0.29, 0.717) is 25.2 Å². The van der Waals surface area contributed by atoms with Crippen molar-refractivity contribution in [2.45, 2.75) is 70.3 Å². The first-order valence-corrected chi connectivity index (χ1v) is 10.9. The molecule has 3 N–H and O–H groups in total. The van der Waals surface area contributed by atoms with Crippen LogP contribution in [0.25, 0.3) is 0 Å². The predicted octanol–water partition coefficient (Wildman–Crippen LogP) is 1.45. The Kier molecular flexibility index (Phi) is 5.90. The normalized spacial score (nSPS) is 22.6. The molecule has 1 aliphatic carbocycles. The SMILES string of the molecule is Cc1ccc(CCNC(=O)c2cc3n(n2)CC(C)(C(O)NC2CCCC2)N(C)C3=O)o1. The van der Waals surface area contributed by atoms with Gasteiger partial charge in [-0.05, 0) is 38.8 Å². The van der Waals surface area contributed by atoms with Crippen molar-refractivity contribution in [3.05, 3.63) is 41.1 Å². The van der Waals surface area contributed by atoms with Gasteiger partial charge in [0, 0.05) is 32.1 Å². The Morgan fingerprint density at radius 1 is 1.39 bits per heavy atom. The number of aliphatic hydroxyl groups is 1. The number of likely N-dealkylation sites (N-methyl/N-ethyl adjacent to an activating group) is 1. The molecule has 2 amide bonds. The number of carbonyl (C=O) groups is 2. The van der Waals surface area contributed by atoms with Gasteiger partial charge in [0.2, 0.25) is 0 Å². The highest BCUT2D eigenvalue weighted by Gasteiger charge is 2.46. The van der Waals surface area contributed by atoms with Gasteiger partial charge in [-0.15, -0.1) is 0 Å². The maximum atomic E-state index is 13.0. The Morgan fingerprint density at radius 3 is 2.81 bits per heavy atom. The van der Waals surface area contributed by atoms with E-state index in [0.717, 1.165) is 37.2 Å². The number of carbonyl (C=O) groups excluding carboxylic acids is 2. The summed E-state index contributed by atoms with van der Waals surface area (Å²) in [4.78, 5) is 27.1. The number of aryl methyl sites for hydroxylation is 1. The monoisotopic (exact) mass is 429 g/mol. The van der Waals surface area contributed by atoms with Crippen LogP contribution in [0.15, 0.2) is 22.6 Å². The number of aromatic nitrogens is 2. The first-order valence-electron chi connectivity index (χ1n) is 10.9. The van der Waals surface area contributed by atoms with E-state index >= 15 is 0 Å². The third kappa shape index (κ3) is 4.24. The fourth-order valence-electron chi connectivity index (χ4n) is 4.41. The van der Waals surface area contributed by atoms with Gasteiger partial charge in [-0.1, -0.05) is 12.8 Å². The van der Waals surface area contributed by atoms with Gasteiger partial charge in [0.15, 0.2) is 5.69 Å². The molecule has 1 aliphatic heterocycles. The fraction of sp³-hybridized carbons (Fsp3) is 0.591. The van der Waals surface area contributed by atoms with Crippen molar-refractivity contribution in [3.8, 4) is 0 Å². The van der Waals surface area contributed by atoms with Crippen molar-refractivity contribution in [1.29, 1.82) is 0 Å². The summed E-state index contributed by atoms with van der Waals surface area (Å²) >= 11 is 0. The number of hydrogen-bond acceptors (Lipinski definition) is 6. The van der Waals surface area contributed by atoms with Gasteiger partial charge < -0.3 is 19.7 Å². The van der Waals surface area contributed by atoms with Gasteiger partial charge >= 0.3 is 0 Å². The van der Waals surface area contributed by atoms with E-state index in [9.17, 15) is 14.7 Å². The second kappa shape index (κ2) is 8.47. The van der Waals surface area contributed by atoms with Crippen LogP contribution in [0.4, 0.5) is 0 Å². The summed E-state index contributed by atoms with van der Waals surface area (Å²) < 4.78 is 7.04. The van der Waals surface area contributed by atoms with Crippen molar-refractivity contribution >= 4 is 11.8 Å². The van der Waals surface area contributed by atoms with Crippen molar-refractivity contribution in [3.63, 3.8) is 0 Å². The standard InChI is InChI=1S/C22H31N5O4/c1-14-8-9-16(31-14)10-11-23-19(28)17-12-18-20(29)26(3)22(2,13-27(18)25-17)21(30)24-15-6-4-5-7-15/h8-9,12,15,21,24,30H,4-7,10-11,13H2,1-3H3,(H,23,28). The molecule has 2 aromatic rings. The lowest BCUT2D eigenvalue weighted by molar-refractivity contribution is -0.0428. The van der Waals surface area contributed by atoms with Gasteiger partial charge in [0.1, 0.15) is 23.4 Å². The molecule has 1 fully saturated rings. The number of hydrogen-bond donors (Lipinski definition) is 3. The minimum atomic E-state index is -0.893. The number of furan rings is 1. The predicted molar refractivity (Wildman–Crippen MR) is 114 cm³/mol. The molecule has 0 aromatic carbocycles. The molecule has 4 rings (SSSR count). The lowest BCUT2D eigenvalue weighted by Crippen LogP contribution is -2.65. The van der Waals surface area contributed by atoms with Crippen LogP contribution in [0.2, 0.25) is 0 Å². The molecule has 3 heterocycles. The number of amides is 2. The topological polar surface area (TPSA) is 113 Å². The molecule has 9 nitrogen and oxygen atoms in total. The highest BCUT2D eigenvalue weighted by Crippen LogP contribution is 2.29. The van der Waals surface area contributed by atoms with E-state index in [-0.39, 0.29) is 23.6 Å². The largest absolute Gasteiger partial charge is 0.466 e. The minimum absolute atomic E-state index is 0.190. The number of nitrogens with one attached hydrogen (secondary N) is 2. The second-order valence-electron chi connectivity index (χ2n) is 8.86. The Bertz CT molecular complexity index is 961. The van der Waals surface area contributed by atoms with Crippen LogP contribution in [-0.2, 0) is 13.0 Å². The maximum Gasteiger partial charge on any atom is 0.272 e. The van der Waals surface area contributed by atoms with Crippen molar-refractivity contribution in [1.82, 2.24) is 25.3 Å².